The van der Waals surface area contributed by atoms with E-state index in [0.717, 1.165) is 17.7 Å². The summed E-state index contributed by atoms with van der Waals surface area (Å²) < 4.78 is 12.8. The van der Waals surface area contributed by atoms with Gasteiger partial charge in [-0.2, -0.15) is 0 Å². The van der Waals surface area contributed by atoms with Crippen molar-refractivity contribution in [3.63, 3.8) is 0 Å². The summed E-state index contributed by atoms with van der Waals surface area (Å²) in [7, 11) is 1.52. The van der Waals surface area contributed by atoms with E-state index >= 15 is 0 Å². The summed E-state index contributed by atoms with van der Waals surface area (Å²) in [5.74, 6) is 0.606. The van der Waals surface area contributed by atoms with Crippen LogP contribution in [0.25, 0.3) is 0 Å². The minimum Gasteiger partial charge on any atom is -0.454 e. The monoisotopic (exact) mass is 424 g/mol. The summed E-state index contributed by atoms with van der Waals surface area (Å²) in [5, 5.41) is 2.83. The molecular formula is C23H28N4O4. The molecule has 164 valence electrons. The fourth-order valence-electron chi connectivity index (χ4n) is 3.24. The molecule has 1 N–H and O–H groups in total. The van der Waals surface area contributed by atoms with Gasteiger partial charge in [-0.25, -0.2) is 0 Å². The van der Waals surface area contributed by atoms with Gasteiger partial charge in [0, 0.05) is 44.5 Å². The Morgan fingerprint density at radius 3 is 2.84 bits per heavy atom. The largest absolute Gasteiger partial charge is 0.454 e. The maximum atomic E-state index is 12.4. The van der Waals surface area contributed by atoms with E-state index in [9.17, 15) is 9.59 Å². The van der Waals surface area contributed by atoms with Crippen molar-refractivity contribution in [1.82, 2.24) is 19.8 Å². The zero-order valence-electron chi connectivity index (χ0n) is 17.9. The molecule has 3 aromatic rings. The second-order valence-electron chi connectivity index (χ2n) is 7.19. The van der Waals surface area contributed by atoms with Crippen molar-refractivity contribution in [3.05, 3.63) is 77.8 Å². The Labute approximate surface area is 181 Å². The number of nitrogens with one attached hydrogen (secondary N) is 1. The number of amides is 2. The van der Waals surface area contributed by atoms with Crippen molar-refractivity contribution in [2.45, 2.75) is 33.0 Å². The van der Waals surface area contributed by atoms with E-state index in [1.54, 1.807) is 29.4 Å². The van der Waals surface area contributed by atoms with Crippen LogP contribution in [0.1, 0.15) is 40.9 Å². The fraction of sp³-hybridized carbons (Fsp3) is 0.348. The van der Waals surface area contributed by atoms with Crippen LogP contribution in [0.5, 0.6) is 0 Å². The third-order valence-corrected chi connectivity index (χ3v) is 4.78. The number of methoxy groups -OCH3 is 1. The Kier molecular flexibility index (Phi) is 8.00. The predicted molar refractivity (Wildman–Crippen MR) is 115 cm³/mol. The average molecular weight is 425 g/mol. The molecule has 0 aliphatic heterocycles. The molecule has 0 unspecified atom stereocenters. The number of carbonyl (C=O) groups excluding carboxylic acids is 2. The van der Waals surface area contributed by atoms with E-state index in [2.05, 4.69) is 10.3 Å². The molecule has 0 radical (unpaired) electrons. The number of hydrogen-bond donors (Lipinski definition) is 1. The molecule has 8 nitrogen and oxygen atoms in total. The van der Waals surface area contributed by atoms with Crippen LogP contribution in [-0.4, -0.2) is 46.5 Å². The van der Waals surface area contributed by atoms with Gasteiger partial charge in [0.1, 0.15) is 12.4 Å². The molecule has 3 aromatic heterocycles. The Bertz CT molecular complexity index is 980. The first-order chi connectivity index (χ1) is 15.1. The van der Waals surface area contributed by atoms with Crippen molar-refractivity contribution >= 4 is 11.8 Å². The van der Waals surface area contributed by atoms with E-state index in [0.29, 0.717) is 31.9 Å². The van der Waals surface area contributed by atoms with E-state index in [-0.39, 0.29) is 24.2 Å². The Morgan fingerprint density at radius 1 is 1.23 bits per heavy atom. The van der Waals surface area contributed by atoms with Crippen LogP contribution in [0.2, 0.25) is 0 Å². The van der Waals surface area contributed by atoms with E-state index in [4.69, 9.17) is 9.15 Å². The Hall–Kier alpha value is -3.39. The van der Waals surface area contributed by atoms with Crippen LogP contribution in [0.3, 0.4) is 0 Å². The maximum Gasteiger partial charge on any atom is 0.287 e. The molecule has 0 fully saturated rings. The molecule has 0 spiro atoms. The van der Waals surface area contributed by atoms with Crippen LogP contribution < -0.4 is 5.32 Å². The Morgan fingerprint density at radius 2 is 2.10 bits per heavy atom. The number of pyridine rings is 1. The molecule has 8 heteroatoms. The predicted octanol–water partition coefficient (Wildman–Crippen LogP) is 2.84. The first-order valence-corrected chi connectivity index (χ1v) is 10.3. The van der Waals surface area contributed by atoms with Gasteiger partial charge in [-0.3, -0.25) is 14.6 Å². The quantitative estimate of drug-likeness (QED) is 0.511. The van der Waals surface area contributed by atoms with E-state index < -0.39 is 0 Å². The molecule has 2 amide bonds. The zero-order valence-corrected chi connectivity index (χ0v) is 17.9. The van der Waals surface area contributed by atoms with Gasteiger partial charge >= 0.3 is 0 Å². The number of nitrogens with zero attached hydrogens (tertiary/aromatic N) is 3. The summed E-state index contributed by atoms with van der Waals surface area (Å²) in [6.07, 6.45) is 6.20. The van der Waals surface area contributed by atoms with Crippen molar-refractivity contribution in [2.24, 2.45) is 0 Å². The lowest BCUT2D eigenvalue weighted by atomic mass is 10.3. The number of rotatable bonds is 11. The second-order valence-corrected chi connectivity index (χ2v) is 7.19. The number of hydrogen-bond acceptors (Lipinski definition) is 5. The molecule has 0 atom stereocenters. The highest BCUT2D eigenvalue weighted by Crippen LogP contribution is 2.14. The molecule has 3 heterocycles. The van der Waals surface area contributed by atoms with Crippen molar-refractivity contribution in [2.75, 3.05) is 20.3 Å². The molecule has 0 aliphatic rings. The van der Waals surface area contributed by atoms with Crippen LogP contribution >= 0.6 is 0 Å². The van der Waals surface area contributed by atoms with Gasteiger partial charge in [-0.1, -0.05) is 13.0 Å². The van der Waals surface area contributed by atoms with Crippen LogP contribution in [0, 0.1) is 0 Å². The minimum absolute atomic E-state index is 0.0392. The van der Waals surface area contributed by atoms with Crippen molar-refractivity contribution in [3.8, 4) is 0 Å². The standard InChI is InChI=1S/C23H28N4O4/c1-3-11-27(22(28)17-30-2)15-19-7-5-12-26(19)16-20-8-9-21(31-20)23(29)25-14-18-6-4-10-24-13-18/h4-10,12-13H,3,11,14-17H2,1-2H3,(H,25,29). The molecule has 0 saturated heterocycles. The van der Waals surface area contributed by atoms with Gasteiger partial charge in [0.25, 0.3) is 5.91 Å². The smallest absolute Gasteiger partial charge is 0.287 e. The number of furan rings is 1. The summed E-state index contributed by atoms with van der Waals surface area (Å²) in [6, 6.07) is 11.1. The molecule has 3 rings (SSSR count). The lowest BCUT2D eigenvalue weighted by molar-refractivity contribution is -0.135. The van der Waals surface area contributed by atoms with E-state index in [1.807, 2.05) is 42.0 Å². The first kappa shape index (κ1) is 22.3. The highest BCUT2D eigenvalue weighted by Gasteiger charge is 2.16. The number of aromatic nitrogens is 2. The van der Waals surface area contributed by atoms with Crippen LogP contribution in [-0.2, 0) is 29.2 Å². The van der Waals surface area contributed by atoms with Crippen LogP contribution in [0.4, 0.5) is 0 Å². The van der Waals surface area contributed by atoms with Gasteiger partial charge < -0.3 is 23.9 Å². The van der Waals surface area contributed by atoms with Crippen molar-refractivity contribution in [1.29, 1.82) is 0 Å². The fourth-order valence-corrected chi connectivity index (χ4v) is 3.24. The van der Waals surface area contributed by atoms with Gasteiger partial charge in [0.2, 0.25) is 5.91 Å². The van der Waals surface area contributed by atoms with Gasteiger partial charge in [0.15, 0.2) is 5.76 Å². The molecule has 0 saturated carbocycles. The molecule has 31 heavy (non-hydrogen) atoms. The summed E-state index contributed by atoms with van der Waals surface area (Å²) in [5.41, 5.74) is 1.90. The lowest BCUT2D eigenvalue weighted by Gasteiger charge is -2.22. The van der Waals surface area contributed by atoms with Gasteiger partial charge in [-0.05, 0) is 42.3 Å². The first-order valence-electron chi connectivity index (χ1n) is 10.3. The topological polar surface area (TPSA) is 89.6 Å². The third kappa shape index (κ3) is 6.29. The number of ether oxygens (including phenoxy) is 1. The molecule has 0 aromatic carbocycles. The molecular weight excluding hydrogens is 396 g/mol. The highest BCUT2D eigenvalue weighted by molar-refractivity contribution is 5.91. The van der Waals surface area contributed by atoms with Crippen molar-refractivity contribution < 1.29 is 18.7 Å². The Balaban J connectivity index is 1.61. The van der Waals surface area contributed by atoms with Gasteiger partial charge in [0.05, 0.1) is 13.1 Å². The SMILES string of the molecule is CCCN(Cc1cccn1Cc1ccc(C(=O)NCc2cccnc2)o1)C(=O)COC. The number of carbonyl (C=O) groups is 2. The molecule has 0 aliphatic carbocycles. The maximum absolute atomic E-state index is 12.4. The van der Waals surface area contributed by atoms with E-state index in [1.165, 1.54) is 7.11 Å². The summed E-state index contributed by atoms with van der Waals surface area (Å²) in [4.78, 5) is 30.5. The highest BCUT2D eigenvalue weighted by atomic mass is 16.5. The molecule has 0 bridgehead atoms. The normalized spacial score (nSPS) is 10.8. The minimum atomic E-state index is -0.276. The van der Waals surface area contributed by atoms with Gasteiger partial charge in [-0.15, -0.1) is 0 Å². The second kappa shape index (κ2) is 11.1. The summed E-state index contributed by atoms with van der Waals surface area (Å²) in [6.45, 7) is 4.10. The lowest BCUT2D eigenvalue weighted by Crippen LogP contribution is -2.34. The van der Waals surface area contributed by atoms with Crippen LogP contribution in [0.15, 0.2) is 59.4 Å². The summed E-state index contributed by atoms with van der Waals surface area (Å²) >= 11 is 0. The zero-order chi connectivity index (χ0) is 22.1. The average Bonchev–Trinajstić information content (AvgIpc) is 3.43. The third-order valence-electron chi connectivity index (χ3n) is 4.78.